The van der Waals surface area contributed by atoms with Crippen LogP contribution in [0.25, 0.3) is 0 Å². The van der Waals surface area contributed by atoms with E-state index in [-0.39, 0.29) is 35.7 Å². The summed E-state index contributed by atoms with van der Waals surface area (Å²) in [6, 6.07) is 0.317. The summed E-state index contributed by atoms with van der Waals surface area (Å²) < 4.78 is 29.6. The number of alkyl carbamates (subject to hydrolysis) is 1. The number of rotatable bonds is 23. The molecule has 1 aromatic rings. The van der Waals surface area contributed by atoms with Crippen LogP contribution in [0.3, 0.4) is 0 Å². The van der Waals surface area contributed by atoms with E-state index in [0.29, 0.717) is 96.2 Å². The number of ketones is 2. The zero-order valence-corrected chi connectivity index (χ0v) is 29.0. The molecule has 3 unspecified atom stereocenters. The maximum atomic E-state index is 12.3. The Hall–Kier alpha value is -2.41. The molecule has 0 radical (unpaired) electrons. The standard InChI is InChI=1S/C34H58N4O8/c1-23(2)29(33(40)24(3)4)21-26(39)11-13-42-15-17-44-19-20-45-18-16-43-14-12-35-34(41)46-22-30-27-7-9-31-32(10-8-28(27)30)38(25(5)6)37-36-31/h23-25,27-30H,7-22H2,1-6H3,(H,35,41)/t27?,28?,29-,30?/m0/s1. The summed E-state index contributed by atoms with van der Waals surface area (Å²) in [6.45, 7) is 16.1. The number of aromatic nitrogens is 3. The van der Waals surface area contributed by atoms with Gasteiger partial charge in [0, 0.05) is 37.3 Å². The molecule has 1 saturated carbocycles. The molecule has 2 aliphatic carbocycles. The Morgan fingerprint density at radius 3 is 2.00 bits per heavy atom. The molecular weight excluding hydrogens is 592 g/mol. The molecule has 1 amide bonds. The van der Waals surface area contributed by atoms with E-state index < -0.39 is 6.09 Å². The Bertz CT molecular complexity index is 1080. The van der Waals surface area contributed by atoms with Crippen LogP contribution in [0.5, 0.6) is 0 Å². The van der Waals surface area contributed by atoms with Crippen molar-refractivity contribution in [2.75, 3.05) is 66.0 Å². The summed E-state index contributed by atoms with van der Waals surface area (Å²) in [4.78, 5) is 36.7. The van der Waals surface area contributed by atoms with E-state index in [1.165, 1.54) is 5.69 Å². The van der Waals surface area contributed by atoms with Gasteiger partial charge in [-0.3, -0.25) is 9.59 Å². The molecule has 3 rings (SSSR count). The van der Waals surface area contributed by atoms with Gasteiger partial charge >= 0.3 is 6.09 Å². The van der Waals surface area contributed by atoms with Crippen LogP contribution in [0.15, 0.2) is 0 Å². The maximum Gasteiger partial charge on any atom is 0.407 e. The molecule has 0 spiro atoms. The van der Waals surface area contributed by atoms with Gasteiger partial charge in [-0.25, -0.2) is 9.48 Å². The van der Waals surface area contributed by atoms with Crippen LogP contribution in [0.2, 0.25) is 0 Å². The smallest absolute Gasteiger partial charge is 0.407 e. The zero-order chi connectivity index (χ0) is 33.5. The minimum Gasteiger partial charge on any atom is -0.449 e. The molecule has 1 heterocycles. The lowest BCUT2D eigenvalue weighted by atomic mass is 9.82. The highest BCUT2D eigenvalue weighted by atomic mass is 16.6. The maximum absolute atomic E-state index is 12.3. The summed E-state index contributed by atoms with van der Waals surface area (Å²) >= 11 is 0. The van der Waals surface area contributed by atoms with Crippen molar-refractivity contribution in [2.24, 2.45) is 35.5 Å². The highest BCUT2D eigenvalue weighted by Crippen LogP contribution is 2.53. The molecule has 12 heteroatoms. The molecule has 12 nitrogen and oxygen atoms in total. The molecule has 0 aliphatic heterocycles. The van der Waals surface area contributed by atoms with Crippen molar-refractivity contribution in [3.05, 3.63) is 11.4 Å². The minimum absolute atomic E-state index is 0.0605. The number of nitrogens with one attached hydrogen (secondary N) is 1. The molecule has 0 saturated heterocycles. The quantitative estimate of drug-likeness (QED) is 0.171. The fourth-order valence-corrected chi connectivity index (χ4v) is 6.29. The number of nitrogens with zero attached hydrogens (tertiary/aromatic N) is 3. The normalized spacial score (nSPS) is 19.8. The number of fused-ring (bicyclic) bond motifs is 2. The number of ether oxygens (including phenoxy) is 5. The average molecular weight is 651 g/mol. The van der Waals surface area contributed by atoms with Gasteiger partial charge in [0.15, 0.2) is 0 Å². The van der Waals surface area contributed by atoms with Gasteiger partial charge in [-0.2, -0.15) is 0 Å². The Balaban J connectivity index is 1.08. The fraction of sp³-hybridized carbons (Fsp3) is 0.853. The Kier molecular flexibility index (Phi) is 16.6. The van der Waals surface area contributed by atoms with Crippen molar-refractivity contribution in [1.29, 1.82) is 0 Å². The van der Waals surface area contributed by atoms with Crippen LogP contribution in [0, 0.1) is 35.5 Å². The second kappa shape index (κ2) is 20.1. The Labute approximate surface area is 274 Å². The van der Waals surface area contributed by atoms with Gasteiger partial charge in [0.2, 0.25) is 0 Å². The molecule has 1 fully saturated rings. The largest absolute Gasteiger partial charge is 0.449 e. The molecule has 46 heavy (non-hydrogen) atoms. The average Bonchev–Trinajstić information content (AvgIpc) is 3.49. The highest BCUT2D eigenvalue weighted by Gasteiger charge is 2.50. The Morgan fingerprint density at radius 2 is 1.41 bits per heavy atom. The molecule has 1 aromatic heterocycles. The molecule has 2 aliphatic rings. The van der Waals surface area contributed by atoms with Crippen molar-refractivity contribution in [3.63, 3.8) is 0 Å². The monoisotopic (exact) mass is 650 g/mol. The first kappa shape index (κ1) is 38.0. The lowest BCUT2D eigenvalue weighted by molar-refractivity contribution is -0.131. The summed E-state index contributed by atoms with van der Waals surface area (Å²) in [5.41, 5.74) is 2.40. The molecule has 262 valence electrons. The predicted molar refractivity (Wildman–Crippen MR) is 173 cm³/mol. The molecular formula is C34H58N4O8. The third kappa shape index (κ3) is 12.7. The number of carbonyl (C=O) groups is 3. The second-order valence-electron chi connectivity index (χ2n) is 13.5. The second-order valence-corrected chi connectivity index (χ2v) is 13.5. The number of hydrogen-bond acceptors (Lipinski definition) is 10. The third-order valence-corrected chi connectivity index (χ3v) is 9.05. The van der Waals surface area contributed by atoms with Gasteiger partial charge in [-0.1, -0.05) is 32.9 Å². The summed E-state index contributed by atoms with van der Waals surface area (Å²) in [6.07, 6.45) is 4.30. The van der Waals surface area contributed by atoms with Gasteiger partial charge in [0.25, 0.3) is 0 Å². The number of Topliss-reactive ketones (excluding diaryl/α,β-unsaturated/α-hetero) is 2. The van der Waals surface area contributed by atoms with Crippen molar-refractivity contribution >= 4 is 17.7 Å². The Morgan fingerprint density at radius 1 is 0.826 bits per heavy atom. The third-order valence-electron chi connectivity index (χ3n) is 9.05. The molecule has 4 atom stereocenters. The van der Waals surface area contributed by atoms with Crippen molar-refractivity contribution in [1.82, 2.24) is 20.3 Å². The summed E-state index contributed by atoms with van der Waals surface area (Å²) in [5, 5.41) is 11.5. The SMILES string of the molecule is CC(C)C(=O)[C@@H](CC(=O)CCOCCOCCOCCOCCNC(=O)OCC1C2CCc3nnn(C(C)C)c3CCC21)C(C)C. The first-order valence-electron chi connectivity index (χ1n) is 17.3. The lowest BCUT2D eigenvalue weighted by Gasteiger charge is -2.20. The van der Waals surface area contributed by atoms with Crippen molar-refractivity contribution in [3.8, 4) is 0 Å². The van der Waals surface area contributed by atoms with Crippen LogP contribution in [-0.4, -0.2) is 98.7 Å². The van der Waals surface area contributed by atoms with Gasteiger partial charge in [-0.15, -0.1) is 5.10 Å². The van der Waals surface area contributed by atoms with E-state index in [2.05, 4.69) is 34.2 Å². The molecule has 0 aromatic carbocycles. The number of amides is 1. The number of carbonyl (C=O) groups excluding carboxylic acids is 3. The minimum atomic E-state index is -0.398. The number of hydrogen-bond donors (Lipinski definition) is 1. The van der Waals surface area contributed by atoms with E-state index >= 15 is 0 Å². The van der Waals surface area contributed by atoms with E-state index in [9.17, 15) is 14.4 Å². The van der Waals surface area contributed by atoms with E-state index in [1.807, 2.05) is 27.7 Å². The highest BCUT2D eigenvalue weighted by molar-refractivity contribution is 5.89. The van der Waals surface area contributed by atoms with Gasteiger partial charge in [0.05, 0.1) is 70.8 Å². The summed E-state index contributed by atoms with van der Waals surface area (Å²) in [7, 11) is 0. The van der Waals surface area contributed by atoms with Crippen molar-refractivity contribution in [2.45, 2.75) is 86.1 Å². The van der Waals surface area contributed by atoms with E-state index in [1.54, 1.807) is 0 Å². The first-order valence-corrected chi connectivity index (χ1v) is 17.3. The lowest BCUT2D eigenvalue weighted by Crippen LogP contribution is -2.29. The van der Waals surface area contributed by atoms with Gasteiger partial charge < -0.3 is 29.0 Å². The van der Waals surface area contributed by atoms with Crippen molar-refractivity contribution < 1.29 is 38.1 Å². The number of aryl methyl sites for hydroxylation is 1. The predicted octanol–water partition coefficient (Wildman–Crippen LogP) is 4.24. The molecule has 0 bridgehead atoms. The van der Waals surface area contributed by atoms with Crippen LogP contribution in [0.1, 0.15) is 84.7 Å². The summed E-state index contributed by atoms with van der Waals surface area (Å²) in [5.74, 6) is 1.73. The van der Waals surface area contributed by atoms with Crippen LogP contribution in [0.4, 0.5) is 4.79 Å². The topological polar surface area (TPSA) is 140 Å². The first-order chi connectivity index (χ1) is 22.1. The molecule has 1 N–H and O–H groups in total. The van der Waals surface area contributed by atoms with Gasteiger partial charge in [0.1, 0.15) is 11.6 Å². The van der Waals surface area contributed by atoms with E-state index in [4.69, 9.17) is 23.7 Å². The van der Waals surface area contributed by atoms with Crippen LogP contribution < -0.4 is 5.32 Å². The fourth-order valence-electron chi connectivity index (χ4n) is 6.29. The zero-order valence-electron chi connectivity index (χ0n) is 29.0. The van der Waals surface area contributed by atoms with Gasteiger partial charge in [-0.05, 0) is 63.2 Å². The van der Waals surface area contributed by atoms with E-state index in [0.717, 1.165) is 31.4 Å². The van der Waals surface area contributed by atoms with Crippen LogP contribution in [-0.2, 0) is 46.1 Å². The van der Waals surface area contributed by atoms with Crippen LogP contribution >= 0.6 is 0 Å².